The van der Waals surface area contributed by atoms with E-state index in [0.29, 0.717) is 24.0 Å². The van der Waals surface area contributed by atoms with Gasteiger partial charge in [-0.25, -0.2) is 4.68 Å². The number of aromatic nitrogens is 4. The summed E-state index contributed by atoms with van der Waals surface area (Å²) in [6, 6.07) is 0. The topological polar surface area (TPSA) is 103 Å². The van der Waals surface area contributed by atoms with Crippen molar-refractivity contribution in [2.75, 3.05) is 18.0 Å². The fraction of sp³-hybridized carbons (Fsp3) is 0.667. The van der Waals surface area contributed by atoms with E-state index in [9.17, 15) is 10.1 Å². The molecule has 0 aromatic carbocycles. The Morgan fingerprint density at radius 1 is 1.29 bits per heavy atom. The van der Waals surface area contributed by atoms with Crippen molar-refractivity contribution in [3.05, 3.63) is 27.5 Å². The molecule has 9 heteroatoms. The molecule has 0 spiro atoms. The van der Waals surface area contributed by atoms with Crippen LogP contribution in [0.15, 0.2) is 4.52 Å². The van der Waals surface area contributed by atoms with Crippen LogP contribution in [0.25, 0.3) is 0 Å². The van der Waals surface area contributed by atoms with Crippen LogP contribution in [0.4, 0.5) is 11.5 Å². The molecule has 24 heavy (non-hydrogen) atoms. The Morgan fingerprint density at radius 2 is 2.08 bits per heavy atom. The Kier molecular flexibility index (Phi) is 3.50. The summed E-state index contributed by atoms with van der Waals surface area (Å²) in [5.74, 6) is 2.59. The highest BCUT2D eigenvalue weighted by Crippen LogP contribution is 2.40. The van der Waals surface area contributed by atoms with E-state index in [4.69, 9.17) is 4.52 Å². The molecule has 0 radical (unpaired) electrons. The zero-order valence-electron chi connectivity index (χ0n) is 13.8. The second-order valence-electron chi connectivity index (χ2n) is 6.69. The van der Waals surface area contributed by atoms with E-state index in [1.807, 2.05) is 4.90 Å². The van der Waals surface area contributed by atoms with E-state index >= 15 is 0 Å². The molecule has 0 bridgehead atoms. The fourth-order valence-electron chi connectivity index (χ4n) is 3.49. The van der Waals surface area contributed by atoms with Crippen LogP contribution in [-0.4, -0.2) is 37.9 Å². The first-order valence-corrected chi connectivity index (χ1v) is 8.31. The molecule has 2 aromatic rings. The number of nitrogens with zero attached hydrogens (tertiary/aromatic N) is 6. The van der Waals surface area contributed by atoms with E-state index in [2.05, 4.69) is 15.2 Å². The minimum Gasteiger partial charge on any atom is -0.350 e. The third kappa shape index (κ3) is 2.53. The molecule has 9 nitrogen and oxygen atoms in total. The predicted molar refractivity (Wildman–Crippen MR) is 85.1 cm³/mol. The molecular formula is C15H20N6O3. The van der Waals surface area contributed by atoms with Gasteiger partial charge < -0.3 is 9.42 Å². The predicted octanol–water partition coefficient (Wildman–Crippen LogP) is 2.28. The van der Waals surface area contributed by atoms with Crippen LogP contribution in [0.5, 0.6) is 0 Å². The van der Waals surface area contributed by atoms with Crippen molar-refractivity contribution in [3.8, 4) is 0 Å². The smallest absolute Gasteiger partial charge is 0.333 e. The summed E-state index contributed by atoms with van der Waals surface area (Å²) in [7, 11) is 1.75. The summed E-state index contributed by atoms with van der Waals surface area (Å²) in [6.07, 6.45) is 4.14. The van der Waals surface area contributed by atoms with Crippen LogP contribution in [0, 0.1) is 17.0 Å². The summed E-state index contributed by atoms with van der Waals surface area (Å²) in [5.41, 5.74) is 0.528. The summed E-state index contributed by atoms with van der Waals surface area (Å²) in [6.45, 7) is 3.08. The zero-order chi connectivity index (χ0) is 16.8. The number of anilines is 1. The lowest BCUT2D eigenvalue weighted by Gasteiger charge is -2.32. The van der Waals surface area contributed by atoms with Gasteiger partial charge in [-0.05, 0) is 32.6 Å². The third-order valence-electron chi connectivity index (χ3n) is 4.81. The second kappa shape index (κ2) is 5.57. The molecule has 3 heterocycles. The normalized spacial score (nSPS) is 21.2. The van der Waals surface area contributed by atoms with Crippen molar-refractivity contribution in [1.29, 1.82) is 0 Å². The number of hydrogen-bond donors (Lipinski definition) is 0. The van der Waals surface area contributed by atoms with Crippen LogP contribution in [0.2, 0.25) is 0 Å². The van der Waals surface area contributed by atoms with Gasteiger partial charge in [0.15, 0.2) is 5.82 Å². The zero-order valence-corrected chi connectivity index (χ0v) is 13.8. The molecule has 2 fully saturated rings. The molecule has 0 N–H and O–H groups in total. The van der Waals surface area contributed by atoms with Gasteiger partial charge in [-0.2, -0.15) is 10.1 Å². The van der Waals surface area contributed by atoms with Crippen LogP contribution in [0.1, 0.15) is 54.9 Å². The summed E-state index contributed by atoms with van der Waals surface area (Å²) in [4.78, 5) is 17.7. The summed E-state index contributed by atoms with van der Waals surface area (Å²) >= 11 is 0. The van der Waals surface area contributed by atoms with E-state index in [1.54, 1.807) is 18.7 Å². The highest BCUT2D eigenvalue weighted by atomic mass is 16.6. The molecule has 1 aliphatic heterocycles. The van der Waals surface area contributed by atoms with Gasteiger partial charge in [-0.3, -0.25) is 10.1 Å². The van der Waals surface area contributed by atoms with Gasteiger partial charge in [0.05, 0.1) is 4.92 Å². The van der Waals surface area contributed by atoms with Gasteiger partial charge in [0.1, 0.15) is 5.69 Å². The maximum atomic E-state index is 11.4. The lowest BCUT2D eigenvalue weighted by atomic mass is 9.97. The van der Waals surface area contributed by atoms with E-state index in [-0.39, 0.29) is 16.5 Å². The van der Waals surface area contributed by atoms with E-state index in [1.165, 1.54) is 0 Å². The Bertz CT molecular complexity index is 778. The van der Waals surface area contributed by atoms with Crippen LogP contribution < -0.4 is 4.90 Å². The van der Waals surface area contributed by atoms with E-state index in [0.717, 1.165) is 43.9 Å². The molecule has 128 valence electrons. The fourth-order valence-corrected chi connectivity index (χ4v) is 3.49. The highest BCUT2D eigenvalue weighted by molar-refractivity contribution is 5.61. The van der Waals surface area contributed by atoms with Crippen molar-refractivity contribution >= 4 is 11.5 Å². The third-order valence-corrected chi connectivity index (χ3v) is 4.81. The molecule has 1 atom stereocenters. The van der Waals surface area contributed by atoms with Crippen molar-refractivity contribution in [2.45, 2.75) is 44.4 Å². The first kappa shape index (κ1) is 15.1. The van der Waals surface area contributed by atoms with Gasteiger partial charge in [0.25, 0.3) is 0 Å². The molecule has 2 aromatic heterocycles. The molecule has 0 amide bonds. The van der Waals surface area contributed by atoms with Crippen molar-refractivity contribution in [3.63, 3.8) is 0 Å². The lowest BCUT2D eigenvalue weighted by Crippen LogP contribution is -2.36. The van der Waals surface area contributed by atoms with Gasteiger partial charge >= 0.3 is 5.69 Å². The number of aryl methyl sites for hydroxylation is 2. The van der Waals surface area contributed by atoms with Crippen LogP contribution in [0.3, 0.4) is 0 Å². The van der Waals surface area contributed by atoms with Gasteiger partial charge in [-0.15, -0.1) is 0 Å². The summed E-state index contributed by atoms with van der Waals surface area (Å²) < 4.78 is 6.97. The van der Waals surface area contributed by atoms with Crippen molar-refractivity contribution < 1.29 is 9.45 Å². The van der Waals surface area contributed by atoms with Crippen LogP contribution in [-0.2, 0) is 7.05 Å². The molecule has 0 unspecified atom stereocenters. The van der Waals surface area contributed by atoms with Gasteiger partial charge in [0.2, 0.25) is 11.7 Å². The van der Waals surface area contributed by atoms with Gasteiger partial charge in [-0.1, -0.05) is 5.16 Å². The van der Waals surface area contributed by atoms with E-state index < -0.39 is 0 Å². The average molecular weight is 332 g/mol. The van der Waals surface area contributed by atoms with Crippen LogP contribution >= 0.6 is 0 Å². The minimum atomic E-state index is -0.346. The first-order valence-electron chi connectivity index (χ1n) is 8.31. The highest BCUT2D eigenvalue weighted by Gasteiger charge is 2.35. The standard InChI is InChI=1S/C15H20N6O3/c1-9-12(21(22)23)15(19(2)17-9)20-7-3-4-11(8-20)13-16-14(24-18-13)10-5-6-10/h10-11H,3-8H2,1-2H3/t11-/m1/s1. The van der Waals surface area contributed by atoms with Gasteiger partial charge in [0, 0.05) is 32.0 Å². The Labute approximate surface area is 138 Å². The molecule has 2 aliphatic rings. The monoisotopic (exact) mass is 332 g/mol. The second-order valence-corrected chi connectivity index (χ2v) is 6.69. The largest absolute Gasteiger partial charge is 0.350 e. The molecule has 1 aliphatic carbocycles. The molecule has 1 saturated carbocycles. The molecular weight excluding hydrogens is 312 g/mol. The lowest BCUT2D eigenvalue weighted by molar-refractivity contribution is -0.384. The van der Waals surface area contributed by atoms with Crippen molar-refractivity contribution in [2.24, 2.45) is 7.05 Å². The Morgan fingerprint density at radius 3 is 2.79 bits per heavy atom. The maximum Gasteiger partial charge on any atom is 0.333 e. The number of nitro groups is 1. The van der Waals surface area contributed by atoms with Crippen molar-refractivity contribution in [1.82, 2.24) is 19.9 Å². The Balaban J connectivity index is 1.59. The quantitative estimate of drug-likeness (QED) is 0.625. The average Bonchev–Trinajstić information content (AvgIpc) is 3.19. The number of rotatable bonds is 4. The number of piperidine rings is 1. The Hall–Kier alpha value is -2.45. The minimum absolute atomic E-state index is 0.0879. The molecule has 4 rings (SSSR count). The summed E-state index contributed by atoms with van der Waals surface area (Å²) in [5, 5.41) is 19.8. The SMILES string of the molecule is Cc1nn(C)c(N2CCC[C@@H](c3noc(C4CC4)n3)C2)c1[N+](=O)[O-]. The number of hydrogen-bond acceptors (Lipinski definition) is 7. The molecule has 1 saturated heterocycles. The maximum absolute atomic E-state index is 11.4. The first-order chi connectivity index (χ1) is 11.5.